The molecule has 31 heavy (non-hydrogen) atoms. The molecule has 1 aliphatic rings. The molecule has 0 radical (unpaired) electrons. The van der Waals surface area contributed by atoms with Crippen LogP contribution in [0.4, 0.5) is 10.5 Å². The number of anilines is 1. The van der Waals surface area contributed by atoms with Gasteiger partial charge in [-0.15, -0.1) is 0 Å². The second kappa shape index (κ2) is 9.34. The maximum absolute atomic E-state index is 12.9. The van der Waals surface area contributed by atoms with Crippen LogP contribution in [0.3, 0.4) is 0 Å². The van der Waals surface area contributed by atoms with Crippen molar-refractivity contribution in [1.29, 1.82) is 0 Å². The van der Waals surface area contributed by atoms with Crippen molar-refractivity contribution in [3.8, 4) is 5.75 Å². The van der Waals surface area contributed by atoms with E-state index < -0.39 is 0 Å². The number of benzene rings is 3. The number of carbonyl (C=O) groups excluding carboxylic acids is 2. The van der Waals surface area contributed by atoms with Gasteiger partial charge in [0.05, 0.1) is 13.2 Å². The van der Waals surface area contributed by atoms with E-state index in [-0.39, 0.29) is 24.5 Å². The fourth-order valence-corrected chi connectivity index (χ4v) is 3.76. The standard InChI is InChI=1S/C25H25N3O3/c1-31-22-14-12-21(13-15-22)28-17-16-27(25(28)30)18-23(29)26-24(19-8-4-2-5-9-19)20-10-6-3-7-11-20/h2-15,24H,16-18H2,1H3,(H,26,29). The lowest BCUT2D eigenvalue weighted by Crippen LogP contribution is -2.41. The molecular formula is C25H25N3O3. The van der Waals surface area contributed by atoms with Crippen LogP contribution < -0.4 is 15.0 Å². The lowest BCUT2D eigenvalue weighted by Gasteiger charge is -2.22. The quantitative estimate of drug-likeness (QED) is 0.638. The van der Waals surface area contributed by atoms with Gasteiger partial charge in [-0.2, -0.15) is 0 Å². The minimum atomic E-state index is -0.273. The van der Waals surface area contributed by atoms with Gasteiger partial charge >= 0.3 is 6.03 Å². The molecule has 0 saturated carbocycles. The molecule has 0 atom stereocenters. The summed E-state index contributed by atoms with van der Waals surface area (Å²) in [6, 6.07) is 26.6. The highest BCUT2D eigenvalue weighted by Crippen LogP contribution is 2.24. The molecule has 6 nitrogen and oxygen atoms in total. The molecule has 1 aliphatic heterocycles. The van der Waals surface area contributed by atoms with Crippen LogP contribution in [-0.2, 0) is 4.79 Å². The summed E-state index contributed by atoms with van der Waals surface area (Å²) < 4.78 is 5.18. The zero-order chi connectivity index (χ0) is 21.6. The number of ether oxygens (including phenoxy) is 1. The number of urea groups is 1. The smallest absolute Gasteiger partial charge is 0.325 e. The van der Waals surface area contributed by atoms with Gasteiger partial charge in [0, 0.05) is 18.8 Å². The van der Waals surface area contributed by atoms with E-state index in [1.807, 2.05) is 84.9 Å². The monoisotopic (exact) mass is 415 g/mol. The lowest BCUT2D eigenvalue weighted by molar-refractivity contribution is -0.122. The highest BCUT2D eigenvalue weighted by molar-refractivity contribution is 5.96. The molecule has 158 valence electrons. The summed E-state index contributed by atoms with van der Waals surface area (Å²) in [5, 5.41) is 3.10. The third-order valence-electron chi connectivity index (χ3n) is 5.38. The van der Waals surface area contributed by atoms with E-state index in [2.05, 4.69) is 5.32 Å². The van der Waals surface area contributed by atoms with Gasteiger partial charge < -0.3 is 15.0 Å². The number of hydrogen-bond acceptors (Lipinski definition) is 3. The van der Waals surface area contributed by atoms with Crippen LogP contribution in [0, 0.1) is 0 Å². The number of methoxy groups -OCH3 is 1. The minimum absolute atomic E-state index is 0.0155. The first kappa shape index (κ1) is 20.5. The van der Waals surface area contributed by atoms with Crippen LogP contribution in [-0.4, -0.2) is 43.6 Å². The van der Waals surface area contributed by atoms with Crippen molar-refractivity contribution in [3.05, 3.63) is 96.1 Å². The molecule has 1 saturated heterocycles. The summed E-state index contributed by atoms with van der Waals surface area (Å²) in [6.45, 7) is 1.06. The largest absolute Gasteiger partial charge is 0.497 e. The minimum Gasteiger partial charge on any atom is -0.497 e. The molecule has 3 amide bonds. The van der Waals surface area contributed by atoms with Gasteiger partial charge in [0.15, 0.2) is 0 Å². The topological polar surface area (TPSA) is 61.9 Å². The number of carbonyl (C=O) groups is 2. The summed E-state index contributed by atoms with van der Waals surface area (Å²) in [4.78, 5) is 29.0. The van der Waals surface area contributed by atoms with Crippen LogP contribution in [0.5, 0.6) is 5.75 Å². The maximum atomic E-state index is 12.9. The predicted molar refractivity (Wildman–Crippen MR) is 120 cm³/mol. The van der Waals surface area contributed by atoms with Crippen LogP contribution in [0.15, 0.2) is 84.9 Å². The fraction of sp³-hybridized carbons (Fsp3) is 0.200. The van der Waals surface area contributed by atoms with E-state index in [0.29, 0.717) is 13.1 Å². The first-order valence-corrected chi connectivity index (χ1v) is 10.3. The van der Waals surface area contributed by atoms with Crippen LogP contribution in [0.25, 0.3) is 0 Å². The Kier molecular flexibility index (Phi) is 6.17. The van der Waals surface area contributed by atoms with Gasteiger partial charge in [-0.05, 0) is 35.4 Å². The van der Waals surface area contributed by atoms with Crippen molar-refractivity contribution in [1.82, 2.24) is 10.2 Å². The van der Waals surface area contributed by atoms with Gasteiger partial charge in [-0.25, -0.2) is 4.79 Å². The molecule has 3 aromatic carbocycles. The average molecular weight is 415 g/mol. The van der Waals surface area contributed by atoms with Gasteiger partial charge in [0.1, 0.15) is 12.3 Å². The summed E-state index contributed by atoms with van der Waals surface area (Å²) in [6.07, 6.45) is 0. The Morgan fingerprint density at radius 1 is 0.903 bits per heavy atom. The van der Waals surface area contributed by atoms with Gasteiger partial charge in [-0.1, -0.05) is 60.7 Å². The second-order valence-electron chi connectivity index (χ2n) is 7.38. The maximum Gasteiger partial charge on any atom is 0.325 e. The Morgan fingerprint density at radius 3 is 2.03 bits per heavy atom. The van der Waals surface area contributed by atoms with Gasteiger partial charge in [-0.3, -0.25) is 9.69 Å². The Bertz CT molecular complexity index is 983. The number of nitrogens with zero attached hydrogens (tertiary/aromatic N) is 2. The molecule has 0 bridgehead atoms. The zero-order valence-electron chi connectivity index (χ0n) is 17.4. The first-order valence-electron chi connectivity index (χ1n) is 10.3. The van der Waals surface area contributed by atoms with Crippen molar-refractivity contribution in [2.75, 3.05) is 31.6 Å². The van der Waals surface area contributed by atoms with Crippen LogP contribution in [0.1, 0.15) is 17.2 Å². The van der Waals surface area contributed by atoms with Gasteiger partial charge in [0.25, 0.3) is 0 Å². The third-order valence-corrected chi connectivity index (χ3v) is 5.38. The molecule has 1 fully saturated rings. The molecule has 0 aromatic heterocycles. The van der Waals surface area contributed by atoms with Crippen molar-refractivity contribution in [2.45, 2.75) is 6.04 Å². The van der Waals surface area contributed by atoms with Crippen molar-refractivity contribution in [2.24, 2.45) is 0 Å². The summed E-state index contributed by atoms with van der Waals surface area (Å²) in [5.41, 5.74) is 2.78. The molecule has 0 aliphatic carbocycles. The van der Waals surface area contributed by atoms with Crippen molar-refractivity contribution >= 4 is 17.6 Å². The SMILES string of the molecule is COc1ccc(N2CCN(CC(=O)NC(c3ccccc3)c3ccccc3)C2=O)cc1. The highest BCUT2D eigenvalue weighted by atomic mass is 16.5. The lowest BCUT2D eigenvalue weighted by atomic mass is 9.99. The van der Waals surface area contributed by atoms with E-state index in [9.17, 15) is 9.59 Å². The summed E-state index contributed by atoms with van der Waals surface area (Å²) in [7, 11) is 1.61. The Hall–Kier alpha value is -3.80. The Morgan fingerprint density at radius 2 is 1.48 bits per heavy atom. The third kappa shape index (κ3) is 4.69. The van der Waals surface area contributed by atoms with E-state index in [1.54, 1.807) is 16.9 Å². The second-order valence-corrected chi connectivity index (χ2v) is 7.38. The van der Waals surface area contributed by atoms with Gasteiger partial charge in [0.2, 0.25) is 5.91 Å². The molecule has 6 heteroatoms. The molecule has 0 unspecified atom stereocenters. The normalized spacial score (nSPS) is 13.5. The molecule has 1 heterocycles. The van der Waals surface area contributed by atoms with Crippen molar-refractivity contribution < 1.29 is 14.3 Å². The zero-order valence-corrected chi connectivity index (χ0v) is 17.4. The van der Waals surface area contributed by atoms with E-state index in [4.69, 9.17) is 4.74 Å². The number of hydrogen-bond donors (Lipinski definition) is 1. The molecule has 0 spiro atoms. The molecule has 1 N–H and O–H groups in total. The van der Waals surface area contributed by atoms with Crippen LogP contribution in [0.2, 0.25) is 0 Å². The first-order chi connectivity index (χ1) is 15.2. The van der Waals surface area contributed by atoms with Crippen LogP contribution >= 0.6 is 0 Å². The molecule has 3 aromatic rings. The number of amides is 3. The highest BCUT2D eigenvalue weighted by Gasteiger charge is 2.31. The number of nitrogens with one attached hydrogen (secondary N) is 1. The average Bonchev–Trinajstić information content (AvgIpc) is 3.18. The fourth-order valence-electron chi connectivity index (χ4n) is 3.76. The molecule has 4 rings (SSSR count). The summed E-state index contributed by atoms with van der Waals surface area (Å²) >= 11 is 0. The summed E-state index contributed by atoms with van der Waals surface area (Å²) in [5.74, 6) is 0.544. The Balaban J connectivity index is 1.44. The molecular weight excluding hydrogens is 390 g/mol. The van der Waals surface area contributed by atoms with E-state index in [0.717, 1.165) is 22.6 Å². The van der Waals surface area contributed by atoms with Crippen molar-refractivity contribution in [3.63, 3.8) is 0 Å². The van der Waals surface area contributed by atoms with E-state index in [1.165, 1.54) is 0 Å². The predicted octanol–water partition coefficient (Wildman–Crippen LogP) is 3.84. The Labute approximate surface area is 182 Å². The van der Waals surface area contributed by atoms with E-state index >= 15 is 0 Å². The number of rotatable bonds is 7.